The van der Waals surface area contributed by atoms with Gasteiger partial charge in [0.25, 0.3) is 5.91 Å². The van der Waals surface area contributed by atoms with Crippen LogP contribution in [0.2, 0.25) is 0 Å². The van der Waals surface area contributed by atoms with E-state index in [0.29, 0.717) is 35.9 Å². The van der Waals surface area contributed by atoms with Crippen molar-refractivity contribution in [1.82, 2.24) is 9.78 Å². The molecule has 0 saturated carbocycles. The largest absolute Gasteiger partial charge is 0.493 e. The van der Waals surface area contributed by atoms with Gasteiger partial charge in [0.1, 0.15) is 0 Å². The third-order valence-corrected chi connectivity index (χ3v) is 4.03. The summed E-state index contributed by atoms with van der Waals surface area (Å²) < 4.78 is 18.1. The van der Waals surface area contributed by atoms with E-state index in [-0.39, 0.29) is 12.0 Å². The predicted octanol–water partition coefficient (Wildman–Crippen LogP) is 2.72. The topological polar surface area (TPSA) is 74.6 Å². The van der Waals surface area contributed by atoms with E-state index in [2.05, 4.69) is 10.4 Å². The van der Waals surface area contributed by atoms with Gasteiger partial charge in [-0.2, -0.15) is 5.10 Å². The smallest absolute Gasteiger partial charge is 0.255 e. The third-order valence-electron chi connectivity index (χ3n) is 4.03. The number of hydrogen-bond donors (Lipinski definition) is 1. The van der Waals surface area contributed by atoms with Crippen LogP contribution in [0, 0.1) is 0 Å². The number of anilines is 1. The van der Waals surface area contributed by atoms with Crippen molar-refractivity contribution in [1.29, 1.82) is 0 Å². The molecule has 134 valence electrons. The van der Waals surface area contributed by atoms with Crippen molar-refractivity contribution in [2.45, 2.75) is 32.4 Å². The van der Waals surface area contributed by atoms with Crippen LogP contribution in [-0.2, 0) is 11.3 Å². The van der Waals surface area contributed by atoms with Crippen molar-refractivity contribution >= 4 is 11.6 Å². The quantitative estimate of drug-likeness (QED) is 0.835. The Balaban J connectivity index is 1.64. The highest BCUT2D eigenvalue weighted by molar-refractivity contribution is 6.04. The number of nitrogens with zero attached hydrogens (tertiary/aromatic N) is 2. The standard InChI is InChI=1S/C18H23N3O4/c1-3-24-16-7-6-13(9-17(16)23-2)18(22)20-14-10-19-21(11-14)12-15-5-4-8-25-15/h6-7,9-11,15H,3-5,8,12H2,1-2H3,(H,20,22). The van der Waals surface area contributed by atoms with E-state index in [1.54, 1.807) is 36.2 Å². The van der Waals surface area contributed by atoms with Gasteiger partial charge in [0.2, 0.25) is 0 Å². The van der Waals surface area contributed by atoms with Crippen LogP contribution < -0.4 is 14.8 Å². The number of methoxy groups -OCH3 is 1. The lowest BCUT2D eigenvalue weighted by Crippen LogP contribution is -2.15. The van der Waals surface area contributed by atoms with Crippen LogP contribution in [0.3, 0.4) is 0 Å². The van der Waals surface area contributed by atoms with Gasteiger partial charge in [0.05, 0.1) is 38.2 Å². The summed E-state index contributed by atoms with van der Waals surface area (Å²) in [5.74, 6) is 0.924. The van der Waals surface area contributed by atoms with Gasteiger partial charge in [-0.3, -0.25) is 9.48 Å². The fourth-order valence-electron chi connectivity index (χ4n) is 2.81. The Labute approximate surface area is 146 Å². The molecule has 1 N–H and O–H groups in total. The van der Waals surface area contributed by atoms with E-state index in [0.717, 1.165) is 19.4 Å². The van der Waals surface area contributed by atoms with Crippen molar-refractivity contribution in [3.63, 3.8) is 0 Å². The molecule has 1 aromatic carbocycles. The predicted molar refractivity (Wildman–Crippen MR) is 93.3 cm³/mol. The lowest BCUT2D eigenvalue weighted by atomic mass is 10.2. The summed E-state index contributed by atoms with van der Waals surface area (Å²) in [6.07, 6.45) is 5.80. The van der Waals surface area contributed by atoms with Crippen LogP contribution in [0.25, 0.3) is 0 Å². The zero-order valence-corrected chi connectivity index (χ0v) is 14.5. The molecule has 7 heteroatoms. The van der Waals surface area contributed by atoms with Crippen molar-refractivity contribution < 1.29 is 19.0 Å². The maximum Gasteiger partial charge on any atom is 0.255 e. The maximum absolute atomic E-state index is 12.4. The summed E-state index contributed by atoms with van der Waals surface area (Å²) in [6, 6.07) is 5.11. The van der Waals surface area contributed by atoms with E-state index in [4.69, 9.17) is 14.2 Å². The van der Waals surface area contributed by atoms with Gasteiger partial charge in [-0.25, -0.2) is 0 Å². The Hall–Kier alpha value is -2.54. The molecule has 3 rings (SSSR count). The van der Waals surface area contributed by atoms with Crippen molar-refractivity contribution in [2.24, 2.45) is 0 Å². The summed E-state index contributed by atoms with van der Waals surface area (Å²) in [5.41, 5.74) is 1.14. The SMILES string of the molecule is CCOc1ccc(C(=O)Nc2cnn(CC3CCCO3)c2)cc1OC. The number of nitrogens with one attached hydrogen (secondary N) is 1. The molecule has 1 atom stereocenters. The average molecular weight is 345 g/mol. The van der Waals surface area contributed by atoms with E-state index >= 15 is 0 Å². The lowest BCUT2D eigenvalue weighted by Gasteiger charge is -2.11. The Morgan fingerprint density at radius 1 is 1.44 bits per heavy atom. The van der Waals surface area contributed by atoms with Gasteiger partial charge < -0.3 is 19.5 Å². The van der Waals surface area contributed by atoms with Crippen molar-refractivity contribution in [3.8, 4) is 11.5 Å². The summed E-state index contributed by atoms with van der Waals surface area (Å²) in [6.45, 7) is 3.95. The number of rotatable bonds is 7. The van der Waals surface area contributed by atoms with Crippen LogP contribution in [-0.4, -0.2) is 42.1 Å². The molecule has 1 saturated heterocycles. The Bertz CT molecular complexity index is 723. The van der Waals surface area contributed by atoms with Crippen LogP contribution in [0.1, 0.15) is 30.1 Å². The number of ether oxygens (including phenoxy) is 3. The molecule has 2 heterocycles. The molecule has 0 aliphatic carbocycles. The monoisotopic (exact) mass is 345 g/mol. The van der Waals surface area contributed by atoms with Crippen molar-refractivity contribution in [3.05, 3.63) is 36.2 Å². The summed E-state index contributed by atoms with van der Waals surface area (Å²) >= 11 is 0. The summed E-state index contributed by atoms with van der Waals surface area (Å²) in [7, 11) is 1.55. The Kier molecular flexibility index (Phi) is 5.55. The highest BCUT2D eigenvalue weighted by Crippen LogP contribution is 2.28. The minimum atomic E-state index is -0.224. The molecule has 0 bridgehead atoms. The first kappa shape index (κ1) is 17.3. The van der Waals surface area contributed by atoms with Gasteiger partial charge in [-0.1, -0.05) is 0 Å². The zero-order chi connectivity index (χ0) is 17.6. The van der Waals surface area contributed by atoms with E-state index in [9.17, 15) is 4.79 Å². The Morgan fingerprint density at radius 2 is 2.32 bits per heavy atom. The van der Waals surface area contributed by atoms with E-state index in [1.807, 2.05) is 13.1 Å². The first-order valence-electron chi connectivity index (χ1n) is 8.46. The molecule has 1 aromatic heterocycles. The fraction of sp³-hybridized carbons (Fsp3) is 0.444. The van der Waals surface area contributed by atoms with Gasteiger partial charge >= 0.3 is 0 Å². The lowest BCUT2D eigenvalue weighted by molar-refractivity contribution is 0.0940. The fourth-order valence-corrected chi connectivity index (χ4v) is 2.81. The number of benzene rings is 1. The van der Waals surface area contributed by atoms with Crippen LogP contribution in [0.15, 0.2) is 30.6 Å². The third kappa shape index (κ3) is 4.30. The van der Waals surface area contributed by atoms with Gasteiger partial charge in [0.15, 0.2) is 11.5 Å². The number of aromatic nitrogens is 2. The highest BCUT2D eigenvalue weighted by Gasteiger charge is 2.17. The summed E-state index contributed by atoms with van der Waals surface area (Å²) in [5, 5.41) is 7.12. The first-order chi connectivity index (χ1) is 12.2. The van der Waals surface area contributed by atoms with Gasteiger partial charge in [0, 0.05) is 18.4 Å². The molecule has 7 nitrogen and oxygen atoms in total. The summed E-state index contributed by atoms with van der Waals surface area (Å²) in [4.78, 5) is 12.4. The maximum atomic E-state index is 12.4. The molecule has 25 heavy (non-hydrogen) atoms. The van der Waals surface area contributed by atoms with Crippen LogP contribution >= 0.6 is 0 Å². The minimum absolute atomic E-state index is 0.207. The molecule has 1 unspecified atom stereocenters. The molecular formula is C18H23N3O4. The second-order valence-electron chi connectivity index (χ2n) is 5.84. The first-order valence-corrected chi connectivity index (χ1v) is 8.46. The second kappa shape index (κ2) is 8.02. The van der Waals surface area contributed by atoms with E-state index in [1.165, 1.54) is 0 Å². The molecule has 1 aliphatic rings. The molecule has 0 spiro atoms. The molecule has 1 fully saturated rings. The average Bonchev–Trinajstić information content (AvgIpc) is 3.28. The molecular weight excluding hydrogens is 322 g/mol. The highest BCUT2D eigenvalue weighted by atomic mass is 16.5. The molecule has 1 amide bonds. The van der Waals surface area contributed by atoms with E-state index < -0.39 is 0 Å². The number of carbonyl (C=O) groups excluding carboxylic acids is 1. The molecule has 2 aromatic rings. The second-order valence-corrected chi connectivity index (χ2v) is 5.84. The number of amides is 1. The molecule has 1 aliphatic heterocycles. The Morgan fingerprint density at radius 3 is 3.04 bits per heavy atom. The van der Waals surface area contributed by atoms with Gasteiger partial charge in [-0.15, -0.1) is 0 Å². The van der Waals surface area contributed by atoms with Crippen molar-refractivity contribution in [2.75, 3.05) is 25.6 Å². The zero-order valence-electron chi connectivity index (χ0n) is 14.5. The van der Waals surface area contributed by atoms with Crippen LogP contribution in [0.4, 0.5) is 5.69 Å². The normalized spacial score (nSPS) is 16.6. The minimum Gasteiger partial charge on any atom is -0.493 e. The number of hydrogen-bond acceptors (Lipinski definition) is 5. The van der Waals surface area contributed by atoms with Gasteiger partial charge in [-0.05, 0) is 38.0 Å². The van der Waals surface area contributed by atoms with Crippen LogP contribution in [0.5, 0.6) is 11.5 Å². The molecule has 0 radical (unpaired) electrons. The number of carbonyl (C=O) groups is 1.